The van der Waals surface area contributed by atoms with E-state index in [0.717, 1.165) is 16.1 Å². The summed E-state index contributed by atoms with van der Waals surface area (Å²) in [6.45, 7) is 1.83. The van der Waals surface area contributed by atoms with E-state index in [1.807, 2.05) is 36.6 Å². The van der Waals surface area contributed by atoms with Crippen molar-refractivity contribution in [2.75, 3.05) is 10.0 Å². The quantitative estimate of drug-likeness (QED) is 0.425. The van der Waals surface area contributed by atoms with E-state index >= 15 is 0 Å². The Morgan fingerprint density at radius 3 is 2.29 bits per heavy atom. The van der Waals surface area contributed by atoms with Gasteiger partial charge in [0.05, 0.1) is 10.6 Å². The van der Waals surface area contributed by atoms with Gasteiger partial charge in [0.2, 0.25) is 0 Å². The van der Waals surface area contributed by atoms with Crippen LogP contribution in [0.25, 0.3) is 10.6 Å². The summed E-state index contributed by atoms with van der Waals surface area (Å²) in [5.41, 5.74) is 3.32. The summed E-state index contributed by atoms with van der Waals surface area (Å²) in [5, 5.41) is 5.63. The average molecular weight is 450 g/mol. The van der Waals surface area contributed by atoms with Crippen molar-refractivity contribution in [1.82, 2.24) is 4.98 Å². The Morgan fingerprint density at radius 2 is 1.65 bits per heavy atom. The molecule has 0 bridgehead atoms. The number of nitrogens with zero attached hydrogens (tertiary/aromatic N) is 1. The molecular formula is C23H19N3O3S2. The lowest BCUT2D eigenvalue weighted by Gasteiger charge is -2.11. The lowest BCUT2D eigenvalue weighted by molar-refractivity contribution is 0.102. The highest BCUT2D eigenvalue weighted by Gasteiger charge is 2.16. The zero-order valence-electron chi connectivity index (χ0n) is 16.6. The molecule has 1 aromatic heterocycles. The first-order valence-corrected chi connectivity index (χ1v) is 11.8. The van der Waals surface area contributed by atoms with E-state index in [4.69, 9.17) is 0 Å². The van der Waals surface area contributed by atoms with E-state index in [2.05, 4.69) is 15.0 Å². The highest BCUT2D eigenvalue weighted by atomic mass is 32.2. The Bertz CT molecular complexity index is 1300. The van der Waals surface area contributed by atoms with E-state index in [-0.39, 0.29) is 10.8 Å². The topological polar surface area (TPSA) is 88.2 Å². The maximum atomic E-state index is 12.6. The van der Waals surface area contributed by atoms with Crippen LogP contribution >= 0.6 is 11.3 Å². The Balaban J connectivity index is 1.45. The largest absolute Gasteiger partial charge is 0.322 e. The number of carbonyl (C=O) groups excluding carboxylic acids is 1. The predicted octanol–water partition coefficient (Wildman–Crippen LogP) is 5.17. The molecule has 0 unspecified atom stereocenters. The number of amides is 1. The van der Waals surface area contributed by atoms with Gasteiger partial charge in [0.25, 0.3) is 15.9 Å². The molecule has 2 N–H and O–H groups in total. The number of carbonyl (C=O) groups is 1. The fraction of sp³-hybridized carbons (Fsp3) is 0.0435. The first-order valence-electron chi connectivity index (χ1n) is 9.42. The number of aromatic nitrogens is 1. The van der Waals surface area contributed by atoms with Crippen molar-refractivity contribution < 1.29 is 13.2 Å². The van der Waals surface area contributed by atoms with E-state index < -0.39 is 10.0 Å². The zero-order valence-corrected chi connectivity index (χ0v) is 18.2. The summed E-state index contributed by atoms with van der Waals surface area (Å²) in [5.74, 6) is -0.321. The predicted molar refractivity (Wildman–Crippen MR) is 124 cm³/mol. The van der Waals surface area contributed by atoms with E-state index in [9.17, 15) is 13.2 Å². The maximum absolute atomic E-state index is 12.6. The van der Waals surface area contributed by atoms with Crippen molar-refractivity contribution in [3.8, 4) is 10.6 Å². The van der Waals surface area contributed by atoms with Crippen LogP contribution in [0.5, 0.6) is 0 Å². The Hall–Kier alpha value is -3.49. The third kappa shape index (κ3) is 4.82. The molecule has 1 amide bonds. The van der Waals surface area contributed by atoms with E-state index in [1.54, 1.807) is 41.8 Å². The summed E-state index contributed by atoms with van der Waals surface area (Å²) in [7, 11) is -3.75. The highest BCUT2D eigenvalue weighted by molar-refractivity contribution is 7.92. The second-order valence-electron chi connectivity index (χ2n) is 6.81. The van der Waals surface area contributed by atoms with Gasteiger partial charge in [0.15, 0.2) is 0 Å². The second-order valence-corrected chi connectivity index (χ2v) is 9.39. The van der Waals surface area contributed by atoms with Gasteiger partial charge >= 0.3 is 0 Å². The van der Waals surface area contributed by atoms with Gasteiger partial charge in [-0.2, -0.15) is 0 Å². The molecule has 156 valence electrons. The summed E-state index contributed by atoms with van der Waals surface area (Å²) in [6, 6.07) is 20.3. The number of sulfonamides is 1. The second kappa shape index (κ2) is 8.71. The number of thiazole rings is 1. The van der Waals surface area contributed by atoms with Crippen molar-refractivity contribution in [3.05, 3.63) is 95.5 Å². The number of hydrogen-bond donors (Lipinski definition) is 2. The number of benzene rings is 3. The Labute approximate surface area is 184 Å². The normalized spacial score (nSPS) is 11.1. The van der Waals surface area contributed by atoms with E-state index in [0.29, 0.717) is 16.9 Å². The number of nitrogens with one attached hydrogen (secondary N) is 2. The molecular weight excluding hydrogens is 430 g/mol. The minimum Gasteiger partial charge on any atom is -0.322 e. The molecule has 3 aromatic carbocycles. The van der Waals surface area contributed by atoms with Crippen LogP contribution in [0.4, 0.5) is 11.4 Å². The summed E-state index contributed by atoms with van der Waals surface area (Å²) < 4.78 is 27.9. The fourth-order valence-electron chi connectivity index (χ4n) is 2.94. The lowest BCUT2D eigenvalue weighted by Crippen LogP contribution is -2.15. The van der Waals surface area contributed by atoms with Gasteiger partial charge in [-0.25, -0.2) is 13.4 Å². The molecule has 0 atom stereocenters. The van der Waals surface area contributed by atoms with Gasteiger partial charge in [-0.05, 0) is 67.1 Å². The highest BCUT2D eigenvalue weighted by Crippen LogP contribution is 2.24. The minimum absolute atomic E-state index is 0.0834. The van der Waals surface area contributed by atoms with Gasteiger partial charge in [0.1, 0.15) is 5.01 Å². The van der Waals surface area contributed by atoms with Gasteiger partial charge in [-0.15, -0.1) is 11.3 Å². The van der Waals surface area contributed by atoms with Gasteiger partial charge in [-0.1, -0.05) is 18.2 Å². The average Bonchev–Trinajstić information content (AvgIpc) is 3.31. The molecule has 31 heavy (non-hydrogen) atoms. The Kier molecular flexibility index (Phi) is 5.83. The van der Waals surface area contributed by atoms with Crippen LogP contribution in [-0.2, 0) is 10.0 Å². The molecule has 8 heteroatoms. The van der Waals surface area contributed by atoms with Crippen LogP contribution in [0.2, 0.25) is 0 Å². The lowest BCUT2D eigenvalue weighted by atomic mass is 10.2. The Morgan fingerprint density at radius 1 is 0.935 bits per heavy atom. The number of rotatable bonds is 6. The molecule has 4 rings (SSSR count). The summed E-state index contributed by atoms with van der Waals surface area (Å²) >= 11 is 1.54. The molecule has 0 saturated carbocycles. The molecule has 0 aliphatic carbocycles. The number of para-hydroxylation sites is 1. The smallest absolute Gasteiger partial charge is 0.261 e. The van der Waals surface area contributed by atoms with Gasteiger partial charge in [0, 0.05) is 28.4 Å². The molecule has 0 saturated heterocycles. The van der Waals surface area contributed by atoms with Crippen molar-refractivity contribution in [3.63, 3.8) is 0 Å². The third-order valence-corrected chi connectivity index (χ3v) is 6.84. The zero-order chi connectivity index (χ0) is 21.8. The SMILES string of the molecule is Cc1ccccc1NS(=O)(=O)c1ccc(C(=O)Nc2ccc(-c3nccs3)cc2)cc1. The molecule has 1 heterocycles. The molecule has 6 nitrogen and oxygen atoms in total. The molecule has 0 spiro atoms. The van der Waals surface area contributed by atoms with Gasteiger partial charge < -0.3 is 5.32 Å². The van der Waals surface area contributed by atoms with Crippen molar-refractivity contribution in [2.45, 2.75) is 11.8 Å². The van der Waals surface area contributed by atoms with Crippen LogP contribution in [0.1, 0.15) is 15.9 Å². The maximum Gasteiger partial charge on any atom is 0.261 e. The summed E-state index contributed by atoms with van der Waals surface area (Å²) in [4.78, 5) is 16.9. The van der Waals surface area contributed by atoms with Crippen LogP contribution < -0.4 is 10.0 Å². The van der Waals surface area contributed by atoms with Crippen molar-refractivity contribution in [1.29, 1.82) is 0 Å². The summed E-state index contributed by atoms with van der Waals surface area (Å²) in [6.07, 6.45) is 1.75. The van der Waals surface area contributed by atoms with Crippen molar-refractivity contribution in [2.24, 2.45) is 0 Å². The van der Waals surface area contributed by atoms with Crippen LogP contribution in [-0.4, -0.2) is 19.3 Å². The number of anilines is 2. The van der Waals surface area contributed by atoms with Gasteiger partial charge in [-0.3, -0.25) is 9.52 Å². The van der Waals surface area contributed by atoms with Crippen LogP contribution in [0, 0.1) is 6.92 Å². The van der Waals surface area contributed by atoms with Crippen molar-refractivity contribution >= 4 is 38.6 Å². The first-order chi connectivity index (χ1) is 14.9. The van der Waals surface area contributed by atoms with Crippen LogP contribution in [0.15, 0.2) is 89.3 Å². The first kappa shape index (κ1) is 20.8. The van der Waals surface area contributed by atoms with E-state index in [1.165, 1.54) is 24.3 Å². The standard InChI is InChI=1S/C23H19N3O3S2/c1-16-4-2-3-5-21(16)26-31(28,29)20-12-8-17(9-13-20)22(27)25-19-10-6-18(7-11-19)23-24-14-15-30-23/h2-15,26H,1H3,(H,25,27). The molecule has 0 fully saturated rings. The molecule has 0 aliphatic heterocycles. The fourth-order valence-corrected chi connectivity index (χ4v) is 4.72. The number of hydrogen-bond acceptors (Lipinski definition) is 5. The number of aryl methyl sites for hydroxylation is 1. The molecule has 0 radical (unpaired) electrons. The van der Waals surface area contributed by atoms with Crippen LogP contribution in [0.3, 0.4) is 0 Å². The monoisotopic (exact) mass is 449 g/mol. The minimum atomic E-state index is -3.75. The molecule has 0 aliphatic rings. The molecule has 4 aromatic rings. The third-order valence-electron chi connectivity index (χ3n) is 4.64.